The molecule has 1 aliphatic rings. The van der Waals surface area contributed by atoms with Crippen molar-refractivity contribution in [3.63, 3.8) is 0 Å². The molecular weight excluding hydrogens is 219 g/mol. The average molecular weight is 238 g/mol. The largest absolute Gasteiger partial charge is 0.507 e. The highest BCUT2D eigenvalue weighted by Crippen LogP contribution is 2.40. The number of hydrogen-bond acceptors (Lipinski definition) is 3. The first-order valence-corrected chi connectivity index (χ1v) is 5.92. The zero-order valence-corrected chi connectivity index (χ0v) is 10.3. The zero-order chi connectivity index (χ0) is 12.6. The lowest BCUT2D eigenvalue weighted by Crippen LogP contribution is -2.21. The van der Waals surface area contributed by atoms with E-state index in [1.54, 1.807) is 13.0 Å². The number of phenols is 1. The topological polar surface area (TPSA) is 49.5 Å². The lowest BCUT2D eigenvalue weighted by molar-refractivity contribution is 0.297. The Bertz CT molecular complexity index is 422. The molecule has 0 spiro atoms. The molecule has 2 rings (SSSR count). The minimum atomic E-state index is -0.331. The maximum Gasteiger partial charge on any atom is 0.131 e. The molecule has 1 aromatic rings. The molecule has 2 unspecified atom stereocenters. The first kappa shape index (κ1) is 12.3. The van der Waals surface area contributed by atoms with E-state index in [4.69, 9.17) is 5.73 Å². The van der Waals surface area contributed by atoms with E-state index < -0.39 is 0 Å². The van der Waals surface area contributed by atoms with Crippen molar-refractivity contribution in [1.82, 2.24) is 4.90 Å². The molecule has 2 atom stereocenters. The Hall–Kier alpha value is -1.13. The number of phenolic OH excluding ortho intramolecular Hbond substituents is 1. The van der Waals surface area contributed by atoms with Crippen LogP contribution >= 0.6 is 0 Å². The summed E-state index contributed by atoms with van der Waals surface area (Å²) in [5.41, 5.74) is 6.79. The van der Waals surface area contributed by atoms with Gasteiger partial charge in [-0.2, -0.15) is 0 Å². The van der Waals surface area contributed by atoms with Crippen LogP contribution in [-0.2, 0) is 0 Å². The molecule has 1 aromatic carbocycles. The fourth-order valence-electron chi connectivity index (χ4n) is 2.62. The van der Waals surface area contributed by atoms with E-state index in [0.29, 0.717) is 23.6 Å². The fourth-order valence-corrected chi connectivity index (χ4v) is 2.62. The average Bonchev–Trinajstić information content (AvgIpc) is 2.66. The molecular formula is C13H19FN2O. The van der Waals surface area contributed by atoms with Crippen LogP contribution in [0.25, 0.3) is 0 Å². The minimum absolute atomic E-state index is 0.0663. The minimum Gasteiger partial charge on any atom is -0.507 e. The molecule has 3 N–H and O–H groups in total. The lowest BCUT2D eigenvalue weighted by Gasteiger charge is -2.21. The molecule has 0 aliphatic carbocycles. The first-order chi connectivity index (χ1) is 8.04. The number of nitrogens with two attached hydrogens (primary N) is 1. The molecule has 4 heteroatoms. The number of halogens is 1. The van der Waals surface area contributed by atoms with Crippen LogP contribution in [0.5, 0.6) is 5.75 Å². The van der Waals surface area contributed by atoms with Crippen LogP contribution in [-0.4, -0.2) is 30.1 Å². The van der Waals surface area contributed by atoms with Gasteiger partial charge in [-0.25, -0.2) is 4.39 Å². The van der Waals surface area contributed by atoms with Crippen LogP contribution in [0.2, 0.25) is 0 Å². The number of rotatable bonds is 2. The maximum absolute atomic E-state index is 13.9. The van der Waals surface area contributed by atoms with Crippen molar-refractivity contribution in [2.24, 2.45) is 11.7 Å². The van der Waals surface area contributed by atoms with E-state index in [1.165, 1.54) is 6.07 Å². The summed E-state index contributed by atoms with van der Waals surface area (Å²) in [5.74, 6) is 0.131. The van der Waals surface area contributed by atoms with Gasteiger partial charge in [0.25, 0.3) is 0 Å². The molecule has 0 amide bonds. The smallest absolute Gasteiger partial charge is 0.131 e. The Labute approximate surface area is 101 Å². The Kier molecular flexibility index (Phi) is 3.35. The van der Waals surface area contributed by atoms with Gasteiger partial charge in [-0.05, 0) is 44.5 Å². The van der Waals surface area contributed by atoms with Crippen LogP contribution in [0.15, 0.2) is 12.1 Å². The summed E-state index contributed by atoms with van der Waals surface area (Å²) in [7, 11) is 1.95. The maximum atomic E-state index is 13.9. The van der Waals surface area contributed by atoms with Crippen molar-refractivity contribution in [3.8, 4) is 5.75 Å². The third kappa shape index (κ3) is 2.15. The Morgan fingerprint density at radius 2 is 2.24 bits per heavy atom. The van der Waals surface area contributed by atoms with Gasteiger partial charge in [0, 0.05) is 18.2 Å². The fraction of sp³-hybridized carbons (Fsp3) is 0.538. The van der Waals surface area contributed by atoms with Gasteiger partial charge in [0.15, 0.2) is 0 Å². The van der Waals surface area contributed by atoms with Gasteiger partial charge < -0.3 is 10.8 Å². The first-order valence-electron chi connectivity index (χ1n) is 5.92. The summed E-state index contributed by atoms with van der Waals surface area (Å²) in [6, 6.07) is 2.96. The van der Waals surface area contributed by atoms with E-state index in [2.05, 4.69) is 4.90 Å². The molecule has 0 radical (unpaired) electrons. The third-order valence-corrected chi connectivity index (χ3v) is 3.67. The summed E-state index contributed by atoms with van der Waals surface area (Å²) in [4.78, 5) is 2.06. The van der Waals surface area contributed by atoms with Gasteiger partial charge in [-0.1, -0.05) is 6.07 Å². The van der Waals surface area contributed by atoms with Crippen molar-refractivity contribution < 1.29 is 9.50 Å². The van der Waals surface area contributed by atoms with Crippen molar-refractivity contribution in [2.75, 3.05) is 20.1 Å². The second-order valence-electron chi connectivity index (χ2n) is 4.92. The second kappa shape index (κ2) is 4.63. The molecule has 94 valence electrons. The number of likely N-dealkylation sites (tertiary alicyclic amines) is 1. The van der Waals surface area contributed by atoms with Crippen molar-refractivity contribution in [2.45, 2.75) is 19.4 Å². The number of benzene rings is 1. The van der Waals surface area contributed by atoms with Crippen molar-refractivity contribution in [1.29, 1.82) is 0 Å². The normalized spacial score (nSPS) is 25.4. The monoisotopic (exact) mass is 238 g/mol. The summed E-state index contributed by atoms with van der Waals surface area (Å²) < 4.78 is 13.9. The van der Waals surface area contributed by atoms with E-state index >= 15 is 0 Å². The van der Waals surface area contributed by atoms with Gasteiger partial charge in [0.05, 0.1) is 0 Å². The van der Waals surface area contributed by atoms with E-state index in [1.807, 2.05) is 7.05 Å². The van der Waals surface area contributed by atoms with Crippen LogP contribution in [0.1, 0.15) is 23.6 Å². The number of nitrogens with zero attached hydrogens (tertiary/aromatic N) is 1. The highest BCUT2D eigenvalue weighted by molar-refractivity contribution is 5.42. The summed E-state index contributed by atoms with van der Waals surface area (Å²) in [6.45, 7) is 3.25. The summed E-state index contributed by atoms with van der Waals surface area (Å²) in [6.07, 6.45) is 0.806. The molecule has 1 heterocycles. The molecule has 0 saturated carbocycles. The predicted molar refractivity (Wildman–Crippen MR) is 65.3 cm³/mol. The lowest BCUT2D eigenvalue weighted by atomic mass is 9.97. The summed E-state index contributed by atoms with van der Waals surface area (Å²) in [5, 5.41) is 10.0. The standard InChI is InChI=1S/C13H19FN2O/c1-8-3-4-10(14)12(13(8)17)11-5-9(6-15)7-16(11)2/h3-4,9,11,17H,5-7,15H2,1-2H3. The number of aromatic hydroxyl groups is 1. The second-order valence-corrected chi connectivity index (χ2v) is 4.92. The van der Waals surface area contributed by atoms with Crippen molar-refractivity contribution >= 4 is 0 Å². The molecule has 3 nitrogen and oxygen atoms in total. The van der Waals surface area contributed by atoms with Gasteiger partial charge in [0.1, 0.15) is 11.6 Å². The highest BCUT2D eigenvalue weighted by atomic mass is 19.1. The zero-order valence-electron chi connectivity index (χ0n) is 10.3. The molecule has 0 bridgehead atoms. The van der Waals surface area contributed by atoms with Crippen LogP contribution in [0.4, 0.5) is 4.39 Å². The molecule has 17 heavy (non-hydrogen) atoms. The highest BCUT2D eigenvalue weighted by Gasteiger charge is 2.33. The predicted octanol–water partition coefficient (Wildman–Crippen LogP) is 1.79. The molecule has 0 aromatic heterocycles. The SMILES string of the molecule is Cc1ccc(F)c(C2CC(CN)CN2C)c1O. The number of hydrogen-bond donors (Lipinski definition) is 2. The van der Waals surface area contributed by atoms with Crippen LogP contribution < -0.4 is 5.73 Å². The van der Waals surface area contributed by atoms with E-state index in [-0.39, 0.29) is 17.6 Å². The molecule has 1 aliphatic heterocycles. The summed E-state index contributed by atoms with van der Waals surface area (Å²) >= 11 is 0. The molecule has 1 fully saturated rings. The Morgan fingerprint density at radius 3 is 2.82 bits per heavy atom. The van der Waals surface area contributed by atoms with E-state index in [9.17, 15) is 9.50 Å². The Balaban J connectivity index is 2.37. The van der Waals surface area contributed by atoms with Crippen LogP contribution in [0.3, 0.4) is 0 Å². The third-order valence-electron chi connectivity index (χ3n) is 3.67. The van der Waals surface area contributed by atoms with E-state index in [0.717, 1.165) is 13.0 Å². The van der Waals surface area contributed by atoms with Gasteiger partial charge >= 0.3 is 0 Å². The Morgan fingerprint density at radius 1 is 1.53 bits per heavy atom. The van der Waals surface area contributed by atoms with Crippen LogP contribution in [0, 0.1) is 18.7 Å². The van der Waals surface area contributed by atoms with Gasteiger partial charge in [-0.3, -0.25) is 4.90 Å². The number of aryl methyl sites for hydroxylation is 1. The molecule has 1 saturated heterocycles. The van der Waals surface area contributed by atoms with Gasteiger partial charge in [0.2, 0.25) is 0 Å². The van der Waals surface area contributed by atoms with Crippen molar-refractivity contribution in [3.05, 3.63) is 29.1 Å². The quantitative estimate of drug-likeness (QED) is 0.826. The van der Waals surface area contributed by atoms with Gasteiger partial charge in [-0.15, -0.1) is 0 Å².